The van der Waals surface area contributed by atoms with Gasteiger partial charge in [-0.3, -0.25) is 4.79 Å². The average Bonchev–Trinajstić information content (AvgIpc) is 2.15. The highest BCUT2D eigenvalue weighted by Crippen LogP contribution is 2.26. The van der Waals surface area contributed by atoms with Crippen LogP contribution >= 0.6 is 0 Å². The number of carbonyl (C=O) groups excluding carboxylic acids is 1. The highest BCUT2D eigenvalue weighted by molar-refractivity contribution is 5.79. The van der Waals surface area contributed by atoms with Crippen LogP contribution in [0, 0.1) is 0 Å². The predicted molar refractivity (Wildman–Crippen MR) is 57.1 cm³/mol. The Balaban J connectivity index is 3.21. The lowest BCUT2D eigenvalue weighted by Gasteiger charge is -2.19. The fourth-order valence-corrected chi connectivity index (χ4v) is 1.29. The van der Waals surface area contributed by atoms with Crippen molar-refractivity contribution in [1.82, 2.24) is 0 Å². The van der Waals surface area contributed by atoms with Gasteiger partial charge < -0.3 is 4.74 Å². The number of hydrogen-bond acceptors (Lipinski definition) is 2. The van der Waals surface area contributed by atoms with Gasteiger partial charge in [0.2, 0.25) is 0 Å². The molecule has 1 aromatic rings. The number of methoxy groups -OCH3 is 1. The van der Waals surface area contributed by atoms with Crippen LogP contribution < -0.4 is 4.74 Å². The highest BCUT2D eigenvalue weighted by Gasteiger charge is 2.15. The zero-order valence-electron chi connectivity index (χ0n) is 9.13. The fourth-order valence-electron chi connectivity index (χ4n) is 1.29. The standard InChI is InChI=1S/C12H16O2/c1-12(2,3)10-5-6-11(14-4)9(7-10)8-13/h5-8H,1-4H3. The summed E-state index contributed by atoms with van der Waals surface area (Å²) in [7, 11) is 1.57. The lowest BCUT2D eigenvalue weighted by molar-refractivity contribution is 0.112. The predicted octanol–water partition coefficient (Wildman–Crippen LogP) is 2.81. The van der Waals surface area contributed by atoms with Crippen molar-refractivity contribution >= 4 is 6.29 Å². The van der Waals surface area contributed by atoms with Gasteiger partial charge in [0.05, 0.1) is 12.7 Å². The Morgan fingerprint density at radius 1 is 1.29 bits per heavy atom. The number of ether oxygens (including phenoxy) is 1. The van der Waals surface area contributed by atoms with Crippen molar-refractivity contribution in [1.29, 1.82) is 0 Å². The molecule has 0 radical (unpaired) electrons. The van der Waals surface area contributed by atoms with E-state index in [1.807, 2.05) is 18.2 Å². The first kappa shape index (κ1) is 10.8. The Labute approximate surface area is 84.9 Å². The van der Waals surface area contributed by atoms with Crippen LogP contribution in [-0.4, -0.2) is 13.4 Å². The van der Waals surface area contributed by atoms with E-state index in [0.717, 1.165) is 11.8 Å². The lowest BCUT2D eigenvalue weighted by atomic mass is 9.86. The molecule has 2 nitrogen and oxygen atoms in total. The zero-order valence-corrected chi connectivity index (χ0v) is 9.13. The van der Waals surface area contributed by atoms with Crippen LogP contribution in [0.2, 0.25) is 0 Å². The molecule has 0 amide bonds. The molecule has 1 rings (SSSR count). The van der Waals surface area contributed by atoms with Crippen molar-refractivity contribution in [2.75, 3.05) is 7.11 Å². The number of benzene rings is 1. The summed E-state index contributed by atoms with van der Waals surface area (Å²) in [5, 5.41) is 0. The Morgan fingerprint density at radius 3 is 2.36 bits per heavy atom. The second-order valence-corrected chi connectivity index (χ2v) is 4.32. The van der Waals surface area contributed by atoms with Crippen LogP contribution in [0.3, 0.4) is 0 Å². The molecule has 1 aromatic carbocycles. The first-order chi connectivity index (χ1) is 6.49. The molecule has 0 heterocycles. The van der Waals surface area contributed by atoms with E-state index in [1.165, 1.54) is 0 Å². The summed E-state index contributed by atoms with van der Waals surface area (Å²) in [6.45, 7) is 6.34. The topological polar surface area (TPSA) is 26.3 Å². The molecule has 0 fully saturated rings. The van der Waals surface area contributed by atoms with E-state index in [2.05, 4.69) is 20.8 Å². The molecule has 76 valence electrons. The van der Waals surface area contributed by atoms with Crippen molar-refractivity contribution in [2.24, 2.45) is 0 Å². The van der Waals surface area contributed by atoms with Crippen molar-refractivity contribution < 1.29 is 9.53 Å². The number of carbonyl (C=O) groups is 1. The molecular formula is C12H16O2. The van der Waals surface area contributed by atoms with Gasteiger partial charge in [-0.2, -0.15) is 0 Å². The molecule has 0 aliphatic heterocycles. The van der Waals surface area contributed by atoms with Gasteiger partial charge in [-0.05, 0) is 23.1 Å². The molecule has 0 aliphatic rings. The minimum Gasteiger partial charge on any atom is -0.496 e. The Bertz CT molecular complexity index is 335. The number of hydrogen-bond donors (Lipinski definition) is 0. The molecule has 0 atom stereocenters. The largest absolute Gasteiger partial charge is 0.496 e. The fraction of sp³-hybridized carbons (Fsp3) is 0.417. The molecule has 0 saturated carbocycles. The minimum atomic E-state index is 0.0596. The van der Waals surface area contributed by atoms with E-state index in [4.69, 9.17) is 4.74 Å². The minimum absolute atomic E-state index is 0.0596. The monoisotopic (exact) mass is 192 g/mol. The summed E-state index contributed by atoms with van der Waals surface area (Å²) in [6.07, 6.45) is 0.827. The van der Waals surface area contributed by atoms with Gasteiger partial charge in [-0.15, -0.1) is 0 Å². The van der Waals surface area contributed by atoms with Crippen molar-refractivity contribution in [3.8, 4) is 5.75 Å². The van der Waals surface area contributed by atoms with Crippen molar-refractivity contribution in [3.05, 3.63) is 29.3 Å². The second-order valence-electron chi connectivity index (χ2n) is 4.32. The van der Waals surface area contributed by atoms with Gasteiger partial charge in [0.25, 0.3) is 0 Å². The molecule has 0 unspecified atom stereocenters. The van der Waals surface area contributed by atoms with Crippen LogP contribution in [0.15, 0.2) is 18.2 Å². The molecule has 0 bridgehead atoms. The summed E-state index contributed by atoms with van der Waals surface area (Å²) < 4.78 is 5.07. The summed E-state index contributed by atoms with van der Waals surface area (Å²) in [5.41, 5.74) is 1.81. The summed E-state index contributed by atoms with van der Waals surface area (Å²) in [4.78, 5) is 10.8. The molecule has 2 heteroatoms. The Hall–Kier alpha value is -1.31. The van der Waals surface area contributed by atoms with Gasteiger partial charge in [-0.1, -0.05) is 26.8 Å². The number of rotatable bonds is 2. The third-order valence-electron chi connectivity index (χ3n) is 2.22. The molecule has 0 spiro atoms. The van der Waals surface area contributed by atoms with Gasteiger partial charge in [0.15, 0.2) is 6.29 Å². The average molecular weight is 192 g/mol. The Morgan fingerprint density at radius 2 is 1.93 bits per heavy atom. The van der Waals surface area contributed by atoms with Crippen LogP contribution in [-0.2, 0) is 5.41 Å². The maximum absolute atomic E-state index is 10.8. The quantitative estimate of drug-likeness (QED) is 0.673. The van der Waals surface area contributed by atoms with Gasteiger partial charge in [0.1, 0.15) is 5.75 Å². The van der Waals surface area contributed by atoms with Gasteiger partial charge in [-0.25, -0.2) is 0 Å². The van der Waals surface area contributed by atoms with E-state index < -0.39 is 0 Å². The van der Waals surface area contributed by atoms with Crippen LogP contribution in [0.25, 0.3) is 0 Å². The van der Waals surface area contributed by atoms with Gasteiger partial charge >= 0.3 is 0 Å². The third-order valence-corrected chi connectivity index (χ3v) is 2.22. The lowest BCUT2D eigenvalue weighted by Crippen LogP contribution is -2.11. The number of aldehydes is 1. The van der Waals surface area contributed by atoms with E-state index in [9.17, 15) is 4.79 Å². The summed E-state index contributed by atoms with van der Waals surface area (Å²) in [5.74, 6) is 0.632. The molecule has 0 aliphatic carbocycles. The van der Waals surface area contributed by atoms with E-state index in [1.54, 1.807) is 7.11 Å². The van der Waals surface area contributed by atoms with Crippen LogP contribution in [0.5, 0.6) is 5.75 Å². The SMILES string of the molecule is COc1ccc(C(C)(C)C)cc1C=O. The van der Waals surface area contributed by atoms with Crippen molar-refractivity contribution in [3.63, 3.8) is 0 Å². The van der Waals surface area contributed by atoms with E-state index in [-0.39, 0.29) is 5.41 Å². The van der Waals surface area contributed by atoms with E-state index in [0.29, 0.717) is 11.3 Å². The molecule has 0 N–H and O–H groups in total. The van der Waals surface area contributed by atoms with E-state index >= 15 is 0 Å². The summed E-state index contributed by atoms with van der Waals surface area (Å²) >= 11 is 0. The maximum atomic E-state index is 10.8. The van der Waals surface area contributed by atoms with Crippen LogP contribution in [0.4, 0.5) is 0 Å². The third kappa shape index (κ3) is 2.13. The second kappa shape index (κ2) is 3.82. The summed E-state index contributed by atoms with van der Waals surface area (Å²) in [6, 6.07) is 5.71. The molecular weight excluding hydrogens is 176 g/mol. The molecule has 0 aromatic heterocycles. The first-order valence-electron chi connectivity index (χ1n) is 4.62. The smallest absolute Gasteiger partial charge is 0.153 e. The Kier molecular flexibility index (Phi) is 2.94. The highest BCUT2D eigenvalue weighted by atomic mass is 16.5. The maximum Gasteiger partial charge on any atom is 0.153 e. The molecule has 14 heavy (non-hydrogen) atoms. The van der Waals surface area contributed by atoms with Crippen molar-refractivity contribution in [2.45, 2.75) is 26.2 Å². The van der Waals surface area contributed by atoms with Crippen LogP contribution in [0.1, 0.15) is 36.7 Å². The zero-order chi connectivity index (χ0) is 10.8. The molecule has 0 saturated heterocycles. The normalized spacial score (nSPS) is 11.1. The van der Waals surface area contributed by atoms with Gasteiger partial charge in [0, 0.05) is 0 Å². The first-order valence-corrected chi connectivity index (χ1v) is 4.62.